The van der Waals surface area contributed by atoms with Crippen molar-refractivity contribution in [3.8, 4) is 17.1 Å². The maximum Gasteiger partial charge on any atom is 0.224 e. The normalized spacial score (nSPS) is 10.6. The van der Waals surface area contributed by atoms with Crippen LogP contribution in [0, 0.1) is 6.92 Å². The number of aryl methyl sites for hydroxylation is 2. The largest absolute Gasteiger partial charge is 0.495 e. The first-order valence-corrected chi connectivity index (χ1v) is 8.99. The summed E-state index contributed by atoms with van der Waals surface area (Å²) in [6.45, 7) is 1.96. The average Bonchev–Trinajstić information content (AvgIpc) is 3.09. The fraction of sp³-hybridized carbons (Fsp3) is 0.200. The third-order valence-electron chi connectivity index (χ3n) is 3.86. The van der Waals surface area contributed by atoms with E-state index in [0.29, 0.717) is 29.5 Å². The lowest BCUT2D eigenvalue weighted by atomic mass is 10.2. The Labute approximate surface area is 160 Å². The molecule has 3 aromatic rings. The Morgan fingerprint density at radius 2 is 2.12 bits per heavy atom. The summed E-state index contributed by atoms with van der Waals surface area (Å²) < 4.78 is 12.0. The third-order valence-corrected chi connectivity index (χ3v) is 4.35. The molecule has 0 saturated heterocycles. The van der Waals surface area contributed by atoms with Gasteiger partial charge >= 0.3 is 0 Å². The molecule has 0 aliphatic carbocycles. The lowest BCUT2D eigenvalue weighted by Gasteiger charge is -2.10. The molecule has 0 fully saturated rings. The molecule has 0 spiro atoms. The summed E-state index contributed by atoms with van der Waals surface area (Å²) >= 11 is 3.44. The van der Waals surface area contributed by atoms with Crippen LogP contribution in [-0.2, 0) is 11.2 Å². The van der Waals surface area contributed by atoms with Crippen molar-refractivity contribution in [1.82, 2.24) is 4.98 Å². The predicted octanol–water partition coefficient (Wildman–Crippen LogP) is 4.99. The molecule has 1 N–H and O–H groups in total. The minimum absolute atomic E-state index is 0.115. The first kappa shape index (κ1) is 18.2. The number of oxazole rings is 1. The Hall–Kier alpha value is -2.60. The van der Waals surface area contributed by atoms with E-state index in [9.17, 15) is 4.79 Å². The highest BCUT2D eigenvalue weighted by atomic mass is 79.9. The minimum atomic E-state index is -0.115. The zero-order valence-electron chi connectivity index (χ0n) is 14.6. The Kier molecular flexibility index (Phi) is 5.73. The minimum Gasteiger partial charge on any atom is -0.495 e. The second-order valence-corrected chi connectivity index (χ2v) is 6.80. The fourth-order valence-electron chi connectivity index (χ4n) is 2.55. The number of nitrogens with zero attached hydrogens (tertiary/aromatic N) is 1. The molecule has 134 valence electrons. The second kappa shape index (κ2) is 8.19. The smallest absolute Gasteiger partial charge is 0.224 e. The summed E-state index contributed by atoms with van der Waals surface area (Å²) in [6, 6.07) is 13.4. The molecule has 3 rings (SSSR count). The van der Waals surface area contributed by atoms with E-state index in [-0.39, 0.29) is 12.3 Å². The Balaban J connectivity index is 1.61. The molecule has 0 aliphatic rings. The number of methoxy groups -OCH3 is 1. The van der Waals surface area contributed by atoms with Gasteiger partial charge in [-0.25, -0.2) is 4.98 Å². The summed E-state index contributed by atoms with van der Waals surface area (Å²) in [4.78, 5) is 16.5. The Morgan fingerprint density at radius 3 is 2.88 bits per heavy atom. The molecule has 0 radical (unpaired) electrons. The summed E-state index contributed by atoms with van der Waals surface area (Å²) in [5.41, 5.74) is 2.65. The topological polar surface area (TPSA) is 64.4 Å². The Bertz CT molecular complexity index is 921. The maximum absolute atomic E-state index is 12.2. The van der Waals surface area contributed by atoms with Crippen molar-refractivity contribution in [2.75, 3.05) is 12.4 Å². The van der Waals surface area contributed by atoms with Gasteiger partial charge in [0.15, 0.2) is 11.7 Å². The van der Waals surface area contributed by atoms with E-state index in [4.69, 9.17) is 9.15 Å². The van der Waals surface area contributed by atoms with Crippen LogP contribution < -0.4 is 10.1 Å². The van der Waals surface area contributed by atoms with Crippen LogP contribution in [0.2, 0.25) is 0 Å². The van der Waals surface area contributed by atoms with Crippen LogP contribution in [-0.4, -0.2) is 18.0 Å². The van der Waals surface area contributed by atoms with Crippen LogP contribution in [0.1, 0.15) is 17.9 Å². The van der Waals surface area contributed by atoms with Crippen molar-refractivity contribution in [1.29, 1.82) is 0 Å². The molecule has 0 bridgehead atoms. The molecule has 1 heterocycles. The van der Waals surface area contributed by atoms with Crippen LogP contribution in [0.15, 0.2) is 57.6 Å². The molecule has 26 heavy (non-hydrogen) atoms. The number of nitrogens with one attached hydrogen (secondary N) is 1. The zero-order valence-corrected chi connectivity index (χ0v) is 16.2. The molecule has 0 saturated carbocycles. The highest BCUT2D eigenvalue weighted by molar-refractivity contribution is 9.10. The lowest BCUT2D eigenvalue weighted by Crippen LogP contribution is -2.13. The molecule has 1 aromatic heterocycles. The van der Waals surface area contributed by atoms with Crippen molar-refractivity contribution in [3.05, 3.63) is 64.6 Å². The number of hydrogen-bond acceptors (Lipinski definition) is 4. The number of rotatable bonds is 6. The van der Waals surface area contributed by atoms with Crippen molar-refractivity contribution >= 4 is 27.5 Å². The van der Waals surface area contributed by atoms with Gasteiger partial charge in [0, 0.05) is 22.9 Å². The van der Waals surface area contributed by atoms with E-state index < -0.39 is 0 Å². The van der Waals surface area contributed by atoms with Crippen LogP contribution in [0.4, 0.5) is 5.69 Å². The van der Waals surface area contributed by atoms with Crippen molar-refractivity contribution in [2.24, 2.45) is 0 Å². The van der Waals surface area contributed by atoms with Crippen molar-refractivity contribution in [3.63, 3.8) is 0 Å². The molecule has 5 nitrogen and oxygen atoms in total. The first-order valence-electron chi connectivity index (χ1n) is 8.20. The van der Waals surface area contributed by atoms with Gasteiger partial charge in [-0.3, -0.25) is 4.79 Å². The Morgan fingerprint density at radius 1 is 1.27 bits per heavy atom. The van der Waals surface area contributed by atoms with Gasteiger partial charge in [0.25, 0.3) is 0 Å². The fourth-order valence-corrected chi connectivity index (χ4v) is 2.95. The lowest BCUT2D eigenvalue weighted by molar-refractivity contribution is -0.116. The number of halogens is 1. The number of aromatic nitrogens is 1. The van der Waals surface area contributed by atoms with Crippen LogP contribution in [0.5, 0.6) is 5.75 Å². The summed E-state index contributed by atoms with van der Waals surface area (Å²) in [6.07, 6.45) is 2.38. The highest BCUT2D eigenvalue weighted by Crippen LogP contribution is 2.26. The summed E-state index contributed by atoms with van der Waals surface area (Å²) in [5.74, 6) is 1.74. The molecule has 6 heteroatoms. The molecule has 1 amide bonds. The summed E-state index contributed by atoms with van der Waals surface area (Å²) in [7, 11) is 1.58. The first-order chi connectivity index (χ1) is 12.5. The second-order valence-electron chi connectivity index (χ2n) is 5.88. The van der Waals surface area contributed by atoms with Gasteiger partial charge in [-0.05, 0) is 36.8 Å². The van der Waals surface area contributed by atoms with Gasteiger partial charge in [-0.2, -0.15) is 0 Å². The average molecular weight is 415 g/mol. The molecule has 0 aliphatic heterocycles. The molecule has 2 aromatic carbocycles. The van der Waals surface area contributed by atoms with Gasteiger partial charge in [-0.1, -0.05) is 34.1 Å². The van der Waals surface area contributed by atoms with E-state index in [0.717, 1.165) is 15.6 Å². The van der Waals surface area contributed by atoms with E-state index in [1.165, 1.54) is 0 Å². The highest BCUT2D eigenvalue weighted by Gasteiger charge is 2.11. The van der Waals surface area contributed by atoms with Gasteiger partial charge in [-0.15, -0.1) is 0 Å². The van der Waals surface area contributed by atoms with Crippen molar-refractivity contribution in [2.45, 2.75) is 19.8 Å². The van der Waals surface area contributed by atoms with Crippen molar-refractivity contribution < 1.29 is 13.9 Å². The predicted molar refractivity (Wildman–Crippen MR) is 104 cm³/mol. The van der Waals surface area contributed by atoms with Crippen LogP contribution >= 0.6 is 15.9 Å². The quantitative estimate of drug-likeness (QED) is 0.616. The van der Waals surface area contributed by atoms with E-state index in [1.807, 2.05) is 49.4 Å². The van der Waals surface area contributed by atoms with Crippen LogP contribution in [0.3, 0.4) is 0 Å². The number of ether oxygens (including phenoxy) is 1. The van der Waals surface area contributed by atoms with Gasteiger partial charge < -0.3 is 14.5 Å². The van der Waals surface area contributed by atoms with Gasteiger partial charge in [0.2, 0.25) is 5.91 Å². The maximum atomic E-state index is 12.2. The monoisotopic (exact) mass is 414 g/mol. The van der Waals surface area contributed by atoms with E-state index >= 15 is 0 Å². The van der Waals surface area contributed by atoms with E-state index in [1.54, 1.807) is 13.3 Å². The number of benzene rings is 2. The van der Waals surface area contributed by atoms with Gasteiger partial charge in [0.05, 0.1) is 19.0 Å². The molecular formula is C20H19BrN2O3. The summed E-state index contributed by atoms with van der Waals surface area (Å²) in [5, 5.41) is 2.88. The number of hydrogen-bond donors (Lipinski definition) is 1. The van der Waals surface area contributed by atoms with Crippen LogP contribution in [0.25, 0.3) is 11.3 Å². The number of amides is 1. The number of carbonyl (C=O) groups is 1. The van der Waals surface area contributed by atoms with E-state index in [2.05, 4.69) is 26.2 Å². The molecular weight excluding hydrogens is 396 g/mol. The molecule has 0 atom stereocenters. The third kappa shape index (κ3) is 4.52. The zero-order chi connectivity index (χ0) is 18.5. The standard InChI is InChI=1S/C20H19BrN2O3/c1-13-6-7-17(25-2)16(10-13)23-19(24)8-9-20-22-12-18(26-20)14-4-3-5-15(21)11-14/h3-7,10-12H,8-9H2,1-2H3,(H,23,24). The number of anilines is 1. The number of carbonyl (C=O) groups excluding carboxylic acids is 1. The van der Waals surface area contributed by atoms with Gasteiger partial charge in [0.1, 0.15) is 5.75 Å². The molecule has 0 unspecified atom stereocenters. The SMILES string of the molecule is COc1ccc(C)cc1NC(=O)CCc1ncc(-c2cccc(Br)c2)o1.